The van der Waals surface area contributed by atoms with E-state index < -0.39 is 0 Å². The van der Waals surface area contributed by atoms with Gasteiger partial charge in [0.05, 0.1) is 24.8 Å². The lowest BCUT2D eigenvalue weighted by atomic mass is 10.2. The second-order valence-corrected chi connectivity index (χ2v) is 6.78. The first-order valence-corrected chi connectivity index (χ1v) is 9.48. The highest BCUT2D eigenvalue weighted by Gasteiger charge is 2.14. The van der Waals surface area contributed by atoms with Crippen molar-refractivity contribution >= 4 is 23.4 Å². The van der Waals surface area contributed by atoms with Gasteiger partial charge in [-0.05, 0) is 24.3 Å². The van der Waals surface area contributed by atoms with Crippen molar-refractivity contribution in [3.05, 3.63) is 53.8 Å². The molecule has 0 unspecified atom stereocenters. The Balaban J connectivity index is 1.65. The molecular formula is C18H19ClN4O2S. The van der Waals surface area contributed by atoms with Gasteiger partial charge in [-0.3, -0.25) is 9.55 Å². The standard InChI is InChI=1S/C18H19ClN4O2S/c1-24-11-10-23-17(14-6-8-20-9-7-14)21-22-18(23)26-13-12-25-16-5-3-2-4-15(16)19/h2-9H,10-13H2,1H3. The molecule has 0 bridgehead atoms. The van der Waals surface area contributed by atoms with Gasteiger partial charge < -0.3 is 9.47 Å². The molecule has 3 aromatic rings. The van der Waals surface area contributed by atoms with Gasteiger partial charge >= 0.3 is 0 Å². The van der Waals surface area contributed by atoms with E-state index in [9.17, 15) is 0 Å². The summed E-state index contributed by atoms with van der Waals surface area (Å²) in [5, 5.41) is 10.1. The van der Waals surface area contributed by atoms with E-state index in [1.807, 2.05) is 36.4 Å². The molecule has 26 heavy (non-hydrogen) atoms. The summed E-state index contributed by atoms with van der Waals surface area (Å²) in [6.45, 7) is 1.78. The number of hydrogen-bond acceptors (Lipinski definition) is 6. The van der Waals surface area contributed by atoms with E-state index in [-0.39, 0.29) is 0 Å². The summed E-state index contributed by atoms with van der Waals surface area (Å²) in [7, 11) is 1.68. The normalized spacial score (nSPS) is 10.8. The van der Waals surface area contributed by atoms with Crippen molar-refractivity contribution < 1.29 is 9.47 Å². The molecule has 136 valence electrons. The fourth-order valence-electron chi connectivity index (χ4n) is 2.34. The van der Waals surface area contributed by atoms with Crippen molar-refractivity contribution in [1.29, 1.82) is 0 Å². The van der Waals surface area contributed by atoms with Gasteiger partial charge in [0.2, 0.25) is 0 Å². The first-order valence-electron chi connectivity index (χ1n) is 8.12. The molecule has 6 nitrogen and oxygen atoms in total. The summed E-state index contributed by atoms with van der Waals surface area (Å²) in [4.78, 5) is 4.05. The maximum Gasteiger partial charge on any atom is 0.191 e. The van der Waals surface area contributed by atoms with Crippen LogP contribution < -0.4 is 4.74 Å². The number of methoxy groups -OCH3 is 1. The zero-order valence-corrected chi connectivity index (χ0v) is 15.9. The summed E-state index contributed by atoms with van der Waals surface area (Å²) in [6, 6.07) is 11.3. The molecule has 3 rings (SSSR count). The highest BCUT2D eigenvalue weighted by Crippen LogP contribution is 2.25. The van der Waals surface area contributed by atoms with Crippen LogP contribution >= 0.6 is 23.4 Å². The van der Waals surface area contributed by atoms with Crippen LogP contribution in [0, 0.1) is 0 Å². The van der Waals surface area contributed by atoms with Gasteiger partial charge in [0.15, 0.2) is 11.0 Å². The lowest BCUT2D eigenvalue weighted by molar-refractivity contribution is 0.185. The predicted octanol–water partition coefficient (Wildman–Crippen LogP) is 3.81. The highest BCUT2D eigenvalue weighted by molar-refractivity contribution is 7.99. The van der Waals surface area contributed by atoms with Crippen LogP contribution in [0.2, 0.25) is 5.02 Å². The Bertz CT molecular complexity index is 829. The minimum atomic E-state index is 0.524. The lowest BCUT2D eigenvalue weighted by Crippen LogP contribution is -2.08. The molecule has 0 spiro atoms. The number of rotatable bonds is 9. The molecule has 0 radical (unpaired) electrons. The number of benzene rings is 1. The first-order chi connectivity index (χ1) is 12.8. The number of hydrogen-bond donors (Lipinski definition) is 0. The maximum atomic E-state index is 6.10. The Morgan fingerprint density at radius 2 is 1.88 bits per heavy atom. The molecule has 0 atom stereocenters. The smallest absolute Gasteiger partial charge is 0.191 e. The fourth-order valence-corrected chi connectivity index (χ4v) is 3.31. The molecule has 0 amide bonds. The van der Waals surface area contributed by atoms with Crippen LogP contribution in [0.4, 0.5) is 0 Å². The molecule has 2 aromatic heterocycles. The predicted molar refractivity (Wildman–Crippen MR) is 103 cm³/mol. The number of pyridine rings is 1. The second-order valence-electron chi connectivity index (χ2n) is 5.31. The Morgan fingerprint density at radius 3 is 2.65 bits per heavy atom. The van der Waals surface area contributed by atoms with E-state index in [0.29, 0.717) is 30.5 Å². The number of para-hydroxylation sites is 1. The van der Waals surface area contributed by atoms with E-state index in [2.05, 4.69) is 19.7 Å². The topological polar surface area (TPSA) is 62.1 Å². The van der Waals surface area contributed by atoms with Crippen molar-refractivity contribution in [3.8, 4) is 17.1 Å². The number of thioether (sulfide) groups is 1. The van der Waals surface area contributed by atoms with Crippen molar-refractivity contribution in [3.63, 3.8) is 0 Å². The molecule has 0 aliphatic rings. The summed E-state index contributed by atoms with van der Waals surface area (Å²) in [6.07, 6.45) is 3.49. The molecule has 0 saturated carbocycles. The summed E-state index contributed by atoms with van der Waals surface area (Å²) in [5.74, 6) is 2.22. The summed E-state index contributed by atoms with van der Waals surface area (Å²) in [5.41, 5.74) is 0.975. The Labute approximate surface area is 161 Å². The van der Waals surface area contributed by atoms with Gasteiger partial charge in [0, 0.05) is 30.8 Å². The van der Waals surface area contributed by atoms with E-state index in [0.717, 1.165) is 22.3 Å². The molecule has 2 heterocycles. The van der Waals surface area contributed by atoms with Crippen LogP contribution in [0.3, 0.4) is 0 Å². The maximum absolute atomic E-state index is 6.10. The van der Waals surface area contributed by atoms with Gasteiger partial charge in [-0.1, -0.05) is 35.5 Å². The monoisotopic (exact) mass is 390 g/mol. The quantitative estimate of drug-likeness (QED) is 0.409. The minimum Gasteiger partial charge on any atom is -0.491 e. The van der Waals surface area contributed by atoms with Crippen LogP contribution in [-0.2, 0) is 11.3 Å². The largest absolute Gasteiger partial charge is 0.491 e. The van der Waals surface area contributed by atoms with Crippen LogP contribution in [-0.4, -0.2) is 45.8 Å². The van der Waals surface area contributed by atoms with Gasteiger partial charge in [-0.15, -0.1) is 10.2 Å². The molecule has 0 aliphatic carbocycles. The molecular weight excluding hydrogens is 372 g/mol. The minimum absolute atomic E-state index is 0.524. The van der Waals surface area contributed by atoms with Gasteiger partial charge in [-0.25, -0.2) is 0 Å². The number of aromatic nitrogens is 4. The van der Waals surface area contributed by atoms with E-state index in [1.54, 1.807) is 31.3 Å². The van der Waals surface area contributed by atoms with Crippen LogP contribution in [0.1, 0.15) is 0 Å². The molecule has 8 heteroatoms. The number of nitrogens with zero attached hydrogens (tertiary/aromatic N) is 4. The van der Waals surface area contributed by atoms with E-state index >= 15 is 0 Å². The number of ether oxygens (including phenoxy) is 2. The van der Waals surface area contributed by atoms with E-state index in [1.165, 1.54) is 0 Å². The van der Waals surface area contributed by atoms with Gasteiger partial charge in [-0.2, -0.15) is 0 Å². The van der Waals surface area contributed by atoms with Crippen LogP contribution in [0.15, 0.2) is 53.9 Å². The molecule has 0 aliphatic heterocycles. The Hall–Kier alpha value is -2.09. The van der Waals surface area contributed by atoms with Crippen molar-refractivity contribution in [2.45, 2.75) is 11.7 Å². The second kappa shape index (κ2) is 9.56. The zero-order chi connectivity index (χ0) is 18.2. The van der Waals surface area contributed by atoms with Crippen molar-refractivity contribution in [2.75, 3.05) is 26.1 Å². The van der Waals surface area contributed by atoms with Crippen molar-refractivity contribution in [1.82, 2.24) is 19.7 Å². The fraction of sp³-hybridized carbons (Fsp3) is 0.278. The molecule has 0 fully saturated rings. The van der Waals surface area contributed by atoms with Gasteiger partial charge in [0.25, 0.3) is 0 Å². The van der Waals surface area contributed by atoms with Crippen molar-refractivity contribution in [2.24, 2.45) is 0 Å². The Morgan fingerprint density at radius 1 is 1.08 bits per heavy atom. The Kier molecular flexibility index (Phi) is 6.88. The SMILES string of the molecule is COCCn1c(SCCOc2ccccc2Cl)nnc1-c1ccncc1. The average Bonchev–Trinajstić information content (AvgIpc) is 3.08. The third-order valence-corrected chi connectivity index (χ3v) is 4.83. The van der Waals surface area contributed by atoms with Crippen LogP contribution in [0.5, 0.6) is 5.75 Å². The number of halogens is 1. The molecule has 0 N–H and O–H groups in total. The average molecular weight is 391 g/mol. The summed E-state index contributed by atoms with van der Waals surface area (Å²) < 4.78 is 13.0. The molecule has 0 saturated heterocycles. The first kappa shape index (κ1) is 18.7. The highest BCUT2D eigenvalue weighted by atomic mass is 35.5. The molecule has 1 aromatic carbocycles. The van der Waals surface area contributed by atoms with E-state index in [4.69, 9.17) is 21.1 Å². The van der Waals surface area contributed by atoms with Gasteiger partial charge in [0.1, 0.15) is 5.75 Å². The lowest BCUT2D eigenvalue weighted by Gasteiger charge is -2.10. The third-order valence-electron chi connectivity index (χ3n) is 3.58. The third kappa shape index (κ3) is 4.75. The summed E-state index contributed by atoms with van der Waals surface area (Å²) >= 11 is 7.68. The zero-order valence-electron chi connectivity index (χ0n) is 14.3. The van der Waals surface area contributed by atoms with Crippen LogP contribution in [0.25, 0.3) is 11.4 Å².